The van der Waals surface area contributed by atoms with Crippen molar-refractivity contribution in [3.8, 4) is 0 Å². The lowest BCUT2D eigenvalue weighted by Crippen LogP contribution is -2.26. The summed E-state index contributed by atoms with van der Waals surface area (Å²) < 4.78 is 51.4. The van der Waals surface area contributed by atoms with Crippen LogP contribution in [-0.4, -0.2) is 28.9 Å². The maximum absolute atomic E-state index is 12.8. The van der Waals surface area contributed by atoms with Crippen LogP contribution in [0, 0.1) is 5.21 Å². The number of hydrogen-bond donors (Lipinski definition) is 1. The van der Waals surface area contributed by atoms with Crippen LogP contribution in [0.5, 0.6) is 0 Å². The van der Waals surface area contributed by atoms with E-state index >= 15 is 0 Å². The van der Waals surface area contributed by atoms with E-state index in [0.29, 0.717) is 4.73 Å². The van der Waals surface area contributed by atoms with Gasteiger partial charge in [-0.1, -0.05) is 11.6 Å². The molecule has 0 atom stereocenters. The number of carbonyl (C=O) groups excluding carboxylic acids is 1. The third-order valence-corrected chi connectivity index (χ3v) is 6.82. The zero-order valence-electron chi connectivity index (χ0n) is 15.4. The predicted molar refractivity (Wildman–Crippen MR) is 111 cm³/mol. The first kappa shape index (κ1) is 21.8. The lowest BCUT2D eigenvalue weighted by atomic mass is 10.0. The number of carbonyl (C=O) groups is 1. The topological polar surface area (TPSA) is 124 Å². The first-order chi connectivity index (χ1) is 14.0. The molecule has 1 aromatic heterocycles. The van der Waals surface area contributed by atoms with E-state index in [1.165, 1.54) is 48.7 Å². The van der Waals surface area contributed by atoms with E-state index in [1.807, 2.05) is 0 Å². The fourth-order valence-electron chi connectivity index (χ4n) is 2.61. The van der Waals surface area contributed by atoms with Crippen molar-refractivity contribution in [2.24, 2.45) is 0 Å². The number of benzene rings is 2. The van der Waals surface area contributed by atoms with Crippen LogP contribution in [0.15, 0.2) is 76.8 Å². The Morgan fingerprint density at radius 2 is 1.63 bits per heavy atom. The van der Waals surface area contributed by atoms with Gasteiger partial charge in [0.1, 0.15) is 0 Å². The smallest absolute Gasteiger partial charge is 0.261 e. The summed E-state index contributed by atoms with van der Waals surface area (Å²) in [4.78, 5) is 12.6. The summed E-state index contributed by atoms with van der Waals surface area (Å²) in [5.74, 6) is -0.604. The number of nitrogens with one attached hydrogen (secondary N) is 1. The minimum atomic E-state index is -4.14. The summed E-state index contributed by atoms with van der Waals surface area (Å²) in [5.41, 5.74) is -0.0457. The van der Waals surface area contributed by atoms with Gasteiger partial charge in [-0.2, -0.15) is 4.73 Å². The summed E-state index contributed by atoms with van der Waals surface area (Å²) >= 11 is 5.97. The number of pyridine rings is 1. The molecule has 0 aliphatic carbocycles. The highest BCUT2D eigenvalue weighted by molar-refractivity contribution is 7.92. The highest BCUT2D eigenvalue weighted by Gasteiger charge is 2.22. The predicted octanol–water partition coefficient (Wildman–Crippen LogP) is 2.41. The van der Waals surface area contributed by atoms with Gasteiger partial charge in [0.05, 0.1) is 21.0 Å². The van der Waals surface area contributed by atoms with Gasteiger partial charge in [-0.25, -0.2) is 16.8 Å². The number of sulfone groups is 1. The number of anilines is 1. The standard InChI is InChI=1S/C19H15ClN2O6S2/c1-29(25,26)15-5-7-16(8-6-15)30(27,28)21-18-9-4-14(20)11-17(18)19(23)13-3-2-10-22(24)12-13/h2-12,21H,1H3. The molecule has 3 aromatic rings. The summed E-state index contributed by atoms with van der Waals surface area (Å²) in [7, 11) is -7.62. The van der Waals surface area contributed by atoms with Gasteiger partial charge in [0.15, 0.2) is 22.2 Å². The van der Waals surface area contributed by atoms with E-state index in [0.717, 1.165) is 24.6 Å². The Bertz CT molecular complexity index is 1340. The van der Waals surface area contributed by atoms with E-state index in [1.54, 1.807) is 0 Å². The Balaban J connectivity index is 1.99. The van der Waals surface area contributed by atoms with Crippen molar-refractivity contribution in [3.05, 3.63) is 88.3 Å². The molecular weight excluding hydrogens is 452 g/mol. The van der Waals surface area contributed by atoms with Gasteiger partial charge in [-0.05, 0) is 48.5 Å². The molecule has 30 heavy (non-hydrogen) atoms. The average molecular weight is 467 g/mol. The molecule has 2 aromatic carbocycles. The molecular formula is C19H15ClN2O6S2. The van der Waals surface area contributed by atoms with Crippen molar-refractivity contribution in [2.45, 2.75) is 9.79 Å². The zero-order valence-corrected chi connectivity index (χ0v) is 17.8. The van der Waals surface area contributed by atoms with E-state index < -0.39 is 25.6 Å². The number of halogens is 1. The number of sulfonamides is 1. The molecule has 156 valence electrons. The second kappa shape index (κ2) is 8.05. The molecule has 8 nitrogen and oxygen atoms in total. The molecule has 0 unspecified atom stereocenters. The van der Waals surface area contributed by atoms with Gasteiger partial charge in [0.25, 0.3) is 10.0 Å². The number of hydrogen-bond acceptors (Lipinski definition) is 6. The number of ketones is 1. The van der Waals surface area contributed by atoms with Crippen molar-refractivity contribution in [2.75, 3.05) is 11.0 Å². The largest absolute Gasteiger partial charge is 0.619 e. The van der Waals surface area contributed by atoms with Crippen LogP contribution in [-0.2, 0) is 19.9 Å². The van der Waals surface area contributed by atoms with Crippen molar-refractivity contribution < 1.29 is 26.4 Å². The van der Waals surface area contributed by atoms with Crippen LogP contribution >= 0.6 is 11.6 Å². The van der Waals surface area contributed by atoms with Gasteiger partial charge in [0.2, 0.25) is 5.78 Å². The van der Waals surface area contributed by atoms with Crippen molar-refractivity contribution in [1.29, 1.82) is 0 Å². The van der Waals surface area contributed by atoms with E-state index in [9.17, 15) is 26.8 Å². The molecule has 3 rings (SSSR count). The maximum Gasteiger partial charge on any atom is 0.261 e. The Kier molecular flexibility index (Phi) is 5.84. The lowest BCUT2D eigenvalue weighted by molar-refractivity contribution is -0.605. The molecule has 0 bridgehead atoms. The summed E-state index contributed by atoms with van der Waals surface area (Å²) in [6.45, 7) is 0. The van der Waals surface area contributed by atoms with Crippen molar-refractivity contribution in [1.82, 2.24) is 0 Å². The first-order valence-corrected chi connectivity index (χ1v) is 12.1. The molecule has 0 saturated carbocycles. The molecule has 0 radical (unpaired) electrons. The second-order valence-electron chi connectivity index (χ2n) is 6.32. The Hall–Kier alpha value is -2.95. The molecule has 0 saturated heterocycles. The van der Waals surface area contributed by atoms with Crippen LogP contribution in [0.25, 0.3) is 0 Å². The van der Waals surface area contributed by atoms with Crippen LogP contribution in [0.3, 0.4) is 0 Å². The van der Waals surface area contributed by atoms with Gasteiger partial charge >= 0.3 is 0 Å². The number of aromatic nitrogens is 1. The minimum Gasteiger partial charge on any atom is -0.619 e. The van der Waals surface area contributed by atoms with Gasteiger partial charge < -0.3 is 5.21 Å². The average Bonchev–Trinajstić information content (AvgIpc) is 2.68. The van der Waals surface area contributed by atoms with Gasteiger partial charge in [-0.15, -0.1) is 0 Å². The molecule has 0 aliphatic rings. The molecule has 1 heterocycles. The normalized spacial score (nSPS) is 11.8. The van der Waals surface area contributed by atoms with E-state index in [2.05, 4.69) is 4.72 Å². The first-order valence-electron chi connectivity index (χ1n) is 8.33. The minimum absolute atomic E-state index is 0.0289. The van der Waals surface area contributed by atoms with Crippen LogP contribution in [0.2, 0.25) is 5.02 Å². The molecule has 1 N–H and O–H groups in total. The van der Waals surface area contributed by atoms with Crippen molar-refractivity contribution >= 4 is 42.9 Å². The van der Waals surface area contributed by atoms with E-state index in [4.69, 9.17) is 11.6 Å². The Labute approximate surface area is 178 Å². The Morgan fingerprint density at radius 3 is 2.23 bits per heavy atom. The lowest BCUT2D eigenvalue weighted by Gasteiger charge is -2.13. The molecule has 0 spiro atoms. The van der Waals surface area contributed by atoms with Crippen LogP contribution in [0.1, 0.15) is 15.9 Å². The maximum atomic E-state index is 12.8. The molecule has 11 heteroatoms. The van der Waals surface area contributed by atoms with Gasteiger partial charge in [-0.3, -0.25) is 9.52 Å². The fraction of sp³-hybridized carbons (Fsp3) is 0.0526. The third kappa shape index (κ3) is 4.78. The molecule has 0 aliphatic heterocycles. The van der Waals surface area contributed by atoms with Crippen LogP contribution in [0.4, 0.5) is 5.69 Å². The second-order valence-corrected chi connectivity index (χ2v) is 10.5. The number of rotatable bonds is 6. The molecule has 0 fully saturated rings. The quantitative estimate of drug-likeness (QED) is 0.338. The Morgan fingerprint density at radius 1 is 1.00 bits per heavy atom. The number of nitrogens with zero attached hydrogens (tertiary/aromatic N) is 1. The monoisotopic (exact) mass is 466 g/mol. The summed E-state index contributed by atoms with van der Waals surface area (Å²) in [5, 5.41) is 11.7. The highest BCUT2D eigenvalue weighted by atomic mass is 35.5. The zero-order chi connectivity index (χ0) is 22.1. The van der Waals surface area contributed by atoms with Crippen LogP contribution < -0.4 is 9.45 Å². The third-order valence-electron chi connectivity index (χ3n) is 4.07. The van der Waals surface area contributed by atoms with E-state index in [-0.39, 0.29) is 31.6 Å². The highest BCUT2D eigenvalue weighted by Crippen LogP contribution is 2.26. The summed E-state index contributed by atoms with van der Waals surface area (Å²) in [6.07, 6.45) is 3.28. The SMILES string of the molecule is CS(=O)(=O)c1ccc(S(=O)(=O)Nc2ccc(Cl)cc2C(=O)c2ccc[n+]([O-])c2)cc1. The van der Waals surface area contributed by atoms with Gasteiger partial charge in [0, 0.05) is 22.9 Å². The summed E-state index contributed by atoms with van der Waals surface area (Å²) in [6, 6.07) is 11.5. The fourth-order valence-corrected chi connectivity index (χ4v) is 4.49. The van der Waals surface area contributed by atoms with Crippen molar-refractivity contribution in [3.63, 3.8) is 0 Å². The molecule has 0 amide bonds.